The van der Waals surface area contributed by atoms with Crippen LogP contribution in [0.2, 0.25) is 0 Å². The first-order valence-corrected chi connectivity index (χ1v) is 13.3. The zero-order valence-corrected chi connectivity index (χ0v) is 22.5. The number of benzene rings is 3. The highest BCUT2D eigenvalue weighted by atomic mass is 32.1. The lowest BCUT2D eigenvalue weighted by Gasteiger charge is -2.30. The summed E-state index contributed by atoms with van der Waals surface area (Å²) < 4.78 is 10.5. The fourth-order valence-corrected chi connectivity index (χ4v) is 4.92. The van der Waals surface area contributed by atoms with E-state index in [0.717, 1.165) is 27.6 Å². The van der Waals surface area contributed by atoms with Crippen LogP contribution >= 0.6 is 11.3 Å². The Balaban J connectivity index is 1.57. The predicted octanol–water partition coefficient (Wildman–Crippen LogP) is 5.82. The molecular formula is C30H31N3O4S. The number of hydrogen-bond acceptors (Lipinski definition) is 6. The fraction of sp³-hybridized carbons (Fsp3) is 0.233. The minimum absolute atomic E-state index is 0.130. The molecule has 0 saturated carbocycles. The molecule has 0 aliphatic heterocycles. The van der Waals surface area contributed by atoms with Crippen LogP contribution in [-0.2, 0) is 22.6 Å². The highest BCUT2D eigenvalue weighted by molar-refractivity contribution is 7.09. The second-order valence-electron chi connectivity index (χ2n) is 8.68. The summed E-state index contributed by atoms with van der Waals surface area (Å²) in [6.07, 6.45) is 0.656. The summed E-state index contributed by atoms with van der Waals surface area (Å²) in [5, 5.41) is 5.68. The normalized spacial score (nSPS) is 11.4. The van der Waals surface area contributed by atoms with Gasteiger partial charge in [0, 0.05) is 16.6 Å². The topological polar surface area (TPSA) is 80.8 Å². The lowest BCUT2D eigenvalue weighted by atomic mass is 10.1. The van der Waals surface area contributed by atoms with Crippen molar-refractivity contribution in [3.63, 3.8) is 0 Å². The Morgan fingerprint density at radius 1 is 0.921 bits per heavy atom. The molecule has 1 heterocycles. The fourth-order valence-electron chi connectivity index (χ4n) is 4.12. The molecule has 0 bridgehead atoms. The van der Waals surface area contributed by atoms with E-state index < -0.39 is 6.04 Å². The van der Waals surface area contributed by atoms with E-state index in [0.29, 0.717) is 17.9 Å². The number of aromatic nitrogens is 1. The average molecular weight is 530 g/mol. The number of anilines is 1. The van der Waals surface area contributed by atoms with Crippen molar-refractivity contribution < 1.29 is 19.1 Å². The monoisotopic (exact) mass is 529 g/mol. The third-order valence-corrected chi connectivity index (χ3v) is 7.02. The van der Waals surface area contributed by atoms with Crippen LogP contribution in [0.1, 0.15) is 23.9 Å². The standard InChI is InChI=1S/C30H31N3O4S/c1-4-27(30(35)31-23-12-16-25(37-3)17-13-23)33(29(34)18-21-8-6-5-7-9-21)19-28-32-26(20-38-28)22-10-14-24(36-2)15-11-22/h5-17,20,27H,4,18-19H2,1-3H3,(H,31,35). The Bertz CT molecular complexity index is 1340. The van der Waals surface area contributed by atoms with E-state index in [1.165, 1.54) is 11.3 Å². The maximum absolute atomic E-state index is 13.6. The Kier molecular flexibility index (Phi) is 9.11. The van der Waals surface area contributed by atoms with Crippen LogP contribution in [0, 0.1) is 0 Å². The van der Waals surface area contributed by atoms with Gasteiger partial charge in [0.25, 0.3) is 0 Å². The van der Waals surface area contributed by atoms with Gasteiger partial charge in [-0.1, -0.05) is 37.3 Å². The van der Waals surface area contributed by atoms with Crippen molar-refractivity contribution in [2.75, 3.05) is 19.5 Å². The van der Waals surface area contributed by atoms with Crippen molar-refractivity contribution >= 4 is 28.8 Å². The maximum atomic E-state index is 13.6. The lowest BCUT2D eigenvalue weighted by Crippen LogP contribution is -2.47. The number of hydrogen-bond donors (Lipinski definition) is 1. The quantitative estimate of drug-likeness (QED) is 0.265. The van der Waals surface area contributed by atoms with Gasteiger partial charge < -0.3 is 19.7 Å². The molecule has 0 radical (unpaired) electrons. The molecule has 38 heavy (non-hydrogen) atoms. The van der Waals surface area contributed by atoms with Gasteiger partial charge in [0.15, 0.2) is 0 Å². The number of nitrogens with one attached hydrogen (secondary N) is 1. The van der Waals surface area contributed by atoms with E-state index in [1.807, 2.05) is 66.9 Å². The summed E-state index contributed by atoms with van der Waals surface area (Å²) in [6, 6.07) is 23.7. The number of carbonyl (C=O) groups is 2. The molecule has 1 atom stereocenters. The molecule has 2 amide bonds. The summed E-state index contributed by atoms with van der Waals surface area (Å²) in [6.45, 7) is 2.15. The third-order valence-electron chi connectivity index (χ3n) is 6.18. The molecule has 0 spiro atoms. The minimum atomic E-state index is -0.665. The van der Waals surface area contributed by atoms with Gasteiger partial charge in [0.05, 0.1) is 32.9 Å². The molecule has 1 N–H and O–H groups in total. The second kappa shape index (κ2) is 12.9. The molecule has 0 fully saturated rings. The number of ether oxygens (including phenoxy) is 2. The maximum Gasteiger partial charge on any atom is 0.247 e. The van der Waals surface area contributed by atoms with Crippen molar-refractivity contribution in [2.24, 2.45) is 0 Å². The molecule has 1 unspecified atom stereocenters. The van der Waals surface area contributed by atoms with Crippen LogP contribution in [-0.4, -0.2) is 42.0 Å². The third kappa shape index (κ3) is 6.77. The Hall–Kier alpha value is -4.17. The molecule has 196 valence electrons. The van der Waals surface area contributed by atoms with E-state index in [-0.39, 0.29) is 24.8 Å². The van der Waals surface area contributed by atoms with Crippen LogP contribution in [0.15, 0.2) is 84.2 Å². The van der Waals surface area contributed by atoms with Crippen molar-refractivity contribution in [1.82, 2.24) is 9.88 Å². The van der Waals surface area contributed by atoms with Crippen LogP contribution in [0.25, 0.3) is 11.3 Å². The first-order valence-electron chi connectivity index (χ1n) is 12.4. The van der Waals surface area contributed by atoms with Gasteiger partial charge in [-0.3, -0.25) is 9.59 Å². The van der Waals surface area contributed by atoms with Crippen molar-refractivity contribution in [2.45, 2.75) is 32.4 Å². The number of amides is 2. The van der Waals surface area contributed by atoms with Crippen molar-refractivity contribution in [3.05, 3.63) is 94.8 Å². The van der Waals surface area contributed by atoms with Gasteiger partial charge >= 0.3 is 0 Å². The number of rotatable bonds is 11. The molecule has 4 aromatic rings. The smallest absolute Gasteiger partial charge is 0.247 e. The largest absolute Gasteiger partial charge is 0.497 e. The molecule has 3 aromatic carbocycles. The van der Waals surface area contributed by atoms with Gasteiger partial charge in [0.1, 0.15) is 22.5 Å². The summed E-state index contributed by atoms with van der Waals surface area (Å²) in [7, 11) is 3.22. The van der Waals surface area contributed by atoms with Gasteiger partial charge in [-0.05, 0) is 60.5 Å². The SMILES string of the molecule is CCC(C(=O)Nc1ccc(OC)cc1)N(Cc1nc(-c2ccc(OC)cc2)cs1)C(=O)Cc1ccccc1. The number of methoxy groups -OCH3 is 2. The molecular weight excluding hydrogens is 498 g/mol. The lowest BCUT2D eigenvalue weighted by molar-refractivity contribution is -0.139. The summed E-state index contributed by atoms with van der Waals surface area (Å²) in [5.41, 5.74) is 3.31. The summed E-state index contributed by atoms with van der Waals surface area (Å²) in [5.74, 6) is 1.10. The van der Waals surface area contributed by atoms with Crippen LogP contribution < -0.4 is 14.8 Å². The zero-order chi connectivity index (χ0) is 26.9. The van der Waals surface area contributed by atoms with Crippen LogP contribution in [0.3, 0.4) is 0 Å². The van der Waals surface area contributed by atoms with Gasteiger partial charge in [0.2, 0.25) is 11.8 Å². The molecule has 7 nitrogen and oxygen atoms in total. The molecule has 4 rings (SSSR count). The van der Waals surface area contributed by atoms with E-state index in [1.54, 1.807) is 43.4 Å². The molecule has 1 aromatic heterocycles. The van der Waals surface area contributed by atoms with E-state index >= 15 is 0 Å². The van der Waals surface area contributed by atoms with Crippen molar-refractivity contribution in [3.8, 4) is 22.8 Å². The number of thiazole rings is 1. The van der Waals surface area contributed by atoms with Crippen LogP contribution in [0.4, 0.5) is 5.69 Å². The molecule has 8 heteroatoms. The highest BCUT2D eigenvalue weighted by Gasteiger charge is 2.29. The Morgan fingerprint density at radius 3 is 2.16 bits per heavy atom. The summed E-state index contributed by atoms with van der Waals surface area (Å²) >= 11 is 1.47. The predicted molar refractivity (Wildman–Crippen MR) is 151 cm³/mol. The van der Waals surface area contributed by atoms with Gasteiger partial charge in [-0.25, -0.2) is 4.98 Å². The first kappa shape index (κ1) is 26.9. The van der Waals surface area contributed by atoms with Gasteiger partial charge in [-0.15, -0.1) is 11.3 Å². The second-order valence-corrected chi connectivity index (χ2v) is 9.62. The Morgan fingerprint density at radius 2 is 1.55 bits per heavy atom. The number of carbonyl (C=O) groups excluding carboxylic acids is 2. The zero-order valence-electron chi connectivity index (χ0n) is 21.7. The minimum Gasteiger partial charge on any atom is -0.497 e. The van der Waals surface area contributed by atoms with Crippen LogP contribution in [0.5, 0.6) is 11.5 Å². The van der Waals surface area contributed by atoms with Gasteiger partial charge in [-0.2, -0.15) is 0 Å². The Labute approximate surface area is 227 Å². The first-order chi connectivity index (χ1) is 18.5. The number of nitrogens with zero attached hydrogens (tertiary/aromatic N) is 2. The molecule has 0 aliphatic rings. The molecule has 0 aliphatic carbocycles. The highest BCUT2D eigenvalue weighted by Crippen LogP contribution is 2.26. The molecule has 0 saturated heterocycles. The van der Waals surface area contributed by atoms with E-state index in [4.69, 9.17) is 14.5 Å². The summed E-state index contributed by atoms with van der Waals surface area (Å²) in [4.78, 5) is 33.4. The van der Waals surface area contributed by atoms with Crippen molar-refractivity contribution in [1.29, 1.82) is 0 Å². The van der Waals surface area contributed by atoms with E-state index in [9.17, 15) is 9.59 Å². The average Bonchev–Trinajstić information content (AvgIpc) is 3.42. The van der Waals surface area contributed by atoms with E-state index in [2.05, 4.69) is 5.32 Å².